The first kappa shape index (κ1) is 19.5. The van der Waals surface area contributed by atoms with Crippen molar-refractivity contribution in [3.63, 3.8) is 0 Å². The number of amides is 1. The molecular weight excluding hydrogens is 356 g/mol. The first-order chi connectivity index (χ1) is 11.9. The van der Waals surface area contributed by atoms with Gasteiger partial charge in [-0.25, -0.2) is 12.7 Å². The Morgan fingerprint density at radius 1 is 1.04 bits per heavy atom. The second-order valence-corrected chi connectivity index (χ2v) is 8.86. The van der Waals surface area contributed by atoms with Gasteiger partial charge in [0, 0.05) is 37.7 Å². The van der Waals surface area contributed by atoms with Crippen molar-refractivity contribution in [2.24, 2.45) is 0 Å². The Morgan fingerprint density at radius 2 is 1.68 bits per heavy atom. The number of sulfonamides is 1. The zero-order valence-corrected chi connectivity index (χ0v) is 15.9. The van der Waals surface area contributed by atoms with Gasteiger partial charge in [0.2, 0.25) is 10.0 Å². The smallest absolute Gasteiger partial charge is 0.251 e. The molecule has 134 valence electrons. The molecule has 0 atom stereocenters. The van der Waals surface area contributed by atoms with Crippen LogP contribution < -0.4 is 5.32 Å². The molecule has 0 spiro atoms. The third-order valence-electron chi connectivity index (χ3n) is 3.54. The van der Waals surface area contributed by atoms with Gasteiger partial charge in [-0.05, 0) is 29.8 Å². The van der Waals surface area contributed by atoms with Gasteiger partial charge >= 0.3 is 0 Å². The quantitative estimate of drug-likeness (QED) is 0.717. The number of nitrogens with zero attached hydrogens (tertiary/aromatic N) is 1. The highest BCUT2D eigenvalue weighted by Crippen LogP contribution is 2.14. The molecule has 0 aliphatic rings. The monoisotopic (exact) mass is 378 g/mol. The van der Waals surface area contributed by atoms with Crippen molar-refractivity contribution in [1.29, 1.82) is 0 Å². The van der Waals surface area contributed by atoms with Crippen LogP contribution in [0.25, 0.3) is 0 Å². The molecule has 0 aliphatic heterocycles. The molecule has 0 aromatic heterocycles. The number of carbonyl (C=O) groups excluding carboxylic acids is 1. The number of rotatable bonds is 8. The summed E-state index contributed by atoms with van der Waals surface area (Å²) in [6.45, 7) is 0.564. The number of thioether (sulfide) groups is 1. The molecule has 0 heterocycles. The molecule has 0 unspecified atom stereocenters. The molecule has 0 aliphatic carbocycles. The van der Waals surface area contributed by atoms with Gasteiger partial charge in [0.15, 0.2) is 0 Å². The standard InChI is InChI=1S/C18H22N2O3S2/c1-20(2)25(22,23)17-10-8-16(9-11-17)18(21)19-12-13-24-14-15-6-4-3-5-7-15/h3-11H,12-14H2,1-2H3,(H,19,21). The Labute approximate surface area is 153 Å². The average molecular weight is 379 g/mol. The number of hydrogen-bond donors (Lipinski definition) is 1. The van der Waals surface area contributed by atoms with Crippen molar-refractivity contribution in [1.82, 2.24) is 9.62 Å². The number of hydrogen-bond acceptors (Lipinski definition) is 4. The van der Waals surface area contributed by atoms with Crippen LogP contribution in [-0.4, -0.2) is 45.0 Å². The van der Waals surface area contributed by atoms with E-state index in [0.29, 0.717) is 12.1 Å². The van der Waals surface area contributed by atoms with Crippen LogP contribution in [0.5, 0.6) is 0 Å². The maximum atomic E-state index is 12.1. The van der Waals surface area contributed by atoms with Crippen molar-refractivity contribution in [3.05, 3.63) is 65.7 Å². The van der Waals surface area contributed by atoms with Crippen LogP contribution in [0.2, 0.25) is 0 Å². The molecule has 25 heavy (non-hydrogen) atoms. The Bertz CT molecular complexity index is 789. The van der Waals surface area contributed by atoms with Crippen LogP contribution in [0.1, 0.15) is 15.9 Å². The predicted molar refractivity (Wildman–Crippen MR) is 102 cm³/mol. The van der Waals surface area contributed by atoms with Gasteiger partial charge in [-0.15, -0.1) is 0 Å². The normalized spacial score (nSPS) is 11.5. The lowest BCUT2D eigenvalue weighted by Gasteiger charge is -2.11. The Hall–Kier alpha value is -1.83. The van der Waals surface area contributed by atoms with Gasteiger partial charge in [0.05, 0.1) is 4.90 Å². The van der Waals surface area contributed by atoms with E-state index in [0.717, 1.165) is 15.8 Å². The van der Waals surface area contributed by atoms with Crippen LogP contribution in [0.15, 0.2) is 59.5 Å². The molecular formula is C18H22N2O3S2. The fourth-order valence-electron chi connectivity index (χ4n) is 2.09. The minimum Gasteiger partial charge on any atom is -0.351 e. The topological polar surface area (TPSA) is 66.5 Å². The molecule has 1 N–H and O–H groups in total. The fourth-order valence-corrected chi connectivity index (χ4v) is 3.81. The van der Waals surface area contributed by atoms with Crippen molar-refractivity contribution in [2.45, 2.75) is 10.6 Å². The second kappa shape index (κ2) is 9.03. The van der Waals surface area contributed by atoms with Crippen molar-refractivity contribution >= 4 is 27.7 Å². The summed E-state index contributed by atoms with van der Waals surface area (Å²) in [5.41, 5.74) is 1.71. The minimum absolute atomic E-state index is 0.174. The summed E-state index contributed by atoms with van der Waals surface area (Å²) in [4.78, 5) is 12.3. The van der Waals surface area contributed by atoms with Crippen LogP contribution in [0.4, 0.5) is 0 Å². The van der Waals surface area contributed by atoms with Gasteiger partial charge in [-0.2, -0.15) is 11.8 Å². The van der Waals surface area contributed by atoms with Crippen LogP contribution in [-0.2, 0) is 15.8 Å². The molecule has 5 nitrogen and oxygen atoms in total. The predicted octanol–water partition coefficient (Wildman–Crippen LogP) is 2.60. The lowest BCUT2D eigenvalue weighted by Crippen LogP contribution is -2.26. The molecule has 0 saturated heterocycles. The van der Waals surface area contributed by atoms with E-state index in [1.54, 1.807) is 11.8 Å². The summed E-state index contributed by atoms with van der Waals surface area (Å²) in [6.07, 6.45) is 0. The lowest BCUT2D eigenvalue weighted by atomic mass is 10.2. The highest BCUT2D eigenvalue weighted by Gasteiger charge is 2.17. The summed E-state index contributed by atoms with van der Waals surface area (Å²) < 4.78 is 25.1. The SMILES string of the molecule is CN(C)S(=O)(=O)c1ccc(C(=O)NCCSCc2ccccc2)cc1. The zero-order valence-electron chi connectivity index (χ0n) is 14.3. The summed E-state index contributed by atoms with van der Waals surface area (Å²) in [6, 6.07) is 16.1. The van der Waals surface area contributed by atoms with Gasteiger partial charge in [-0.3, -0.25) is 4.79 Å². The summed E-state index contributed by atoms with van der Waals surface area (Å²) >= 11 is 1.75. The van der Waals surface area contributed by atoms with Crippen LogP contribution >= 0.6 is 11.8 Å². The van der Waals surface area contributed by atoms with Crippen molar-refractivity contribution < 1.29 is 13.2 Å². The first-order valence-electron chi connectivity index (χ1n) is 7.84. The van der Waals surface area contributed by atoms with E-state index >= 15 is 0 Å². The van der Waals surface area contributed by atoms with Crippen LogP contribution in [0.3, 0.4) is 0 Å². The number of carbonyl (C=O) groups is 1. The third-order valence-corrected chi connectivity index (χ3v) is 6.40. The molecule has 2 rings (SSSR count). The van der Waals surface area contributed by atoms with E-state index in [1.165, 1.54) is 43.9 Å². The minimum atomic E-state index is -3.47. The zero-order chi connectivity index (χ0) is 18.3. The third kappa shape index (κ3) is 5.59. The highest BCUT2D eigenvalue weighted by molar-refractivity contribution is 7.98. The van der Waals surface area contributed by atoms with E-state index in [4.69, 9.17) is 0 Å². The second-order valence-electron chi connectivity index (χ2n) is 5.61. The van der Waals surface area contributed by atoms with Crippen molar-refractivity contribution in [2.75, 3.05) is 26.4 Å². The summed E-state index contributed by atoms with van der Waals surface area (Å²) in [7, 11) is -0.521. The summed E-state index contributed by atoms with van der Waals surface area (Å²) in [5.74, 6) is 1.52. The van der Waals surface area contributed by atoms with Gasteiger partial charge < -0.3 is 5.32 Å². The molecule has 0 bridgehead atoms. The molecule has 0 saturated carbocycles. The molecule has 0 fully saturated rings. The van der Waals surface area contributed by atoms with E-state index in [-0.39, 0.29) is 10.8 Å². The molecule has 1 amide bonds. The van der Waals surface area contributed by atoms with E-state index in [2.05, 4.69) is 17.4 Å². The van der Waals surface area contributed by atoms with Crippen LogP contribution in [0, 0.1) is 0 Å². The van der Waals surface area contributed by atoms with Gasteiger partial charge in [0.25, 0.3) is 5.91 Å². The molecule has 2 aromatic carbocycles. The Balaban J connectivity index is 1.79. The average Bonchev–Trinajstić information content (AvgIpc) is 2.62. The highest BCUT2D eigenvalue weighted by atomic mass is 32.2. The summed E-state index contributed by atoms with van der Waals surface area (Å²) in [5, 5.41) is 2.85. The number of benzene rings is 2. The largest absolute Gasteiger partial charge is 0.351 e. The van der Waals surface area contributed by atoms with Gasteiger partial charge in [-0.1, -0.05) is 30.3 Å². The fraction of sp³-hybridized carbons (Fsp3) is 0.278. The molecule has 2 aromatic rings. The van der Waals surface area contributed by atoms with Gasteiger partial charge in [0.1, 0.15) is 0 Å². The van der Waals surface area contributed by atoms with E-state index in [9.17, 15) is 13.2 Å². The number of nitrogens with one attached hydrogen (secondary N) is 1. The Kier molecular flexibility index (Phi) is 7.04. The van der Waals surface area contributed by atoms with E-state index < -0.39 is 10.0 Å². The maximum Gasteiger partial charge on any atom is 0.251 e. The molecule has 0 radical (unpaired) electrons. The van der Waals surface area contributed by atoms with E-state index in [1.807, 2.05) is 18.2 Å². The lowest BCUT2D eigenvalue weighted by molar-refractivity contribution is 0.0956. The maximum absolute atomic E-state index is 12.1. The first-order valence-corrected chi connectivity index (χ1v) is 10.4. The molecule has 7 heteroatoms. The Morgan fingerprint density at radius 3 is 2.28 bits per heavy atom. The van der Waals surface area contributed by atoms with Crippen molar-refractivity contribution in [3.8, 4) is 0 Å².